The van der Waals surface area contributed by atoms with Crippen LogP contribution in [0.1, 0.15) is 15.9 Å². The van der Waals surface area contributed by atoms with Crippen molar-refractivity contribution in [2.24, 2.45) is 0 Å². The van der Waals surface area contributed by atoms with Gasteiger partial charge in [0.1, 0.15) is 16.8 Å². The predicted molar refractivity (Wildman–Crippen MR) is 127 cm³/mol. The molecule has 0 bridgehead atoms. The normalized spacial score (nSPS) is 13.0. The number of carbonyl (C=O) groups is 1. The van der Waals surface area contributed by atoms with E-state index in [-0.39, 0.29) is 16.2 Å². The van der Waals surface area contributed by atoms with Crippen LogP contribution in [0, 0.1) is 0 Å². The van der Waals surface area contributed by atoms with Gasteiger partial charge < -0.3 is 9.47 Å². The molecule has 3 aromatic carbocycles. The van der Waals surface area contributed by atoms with Crippen molar-refractivity contribution in [3.8, 4) is 5.75 Å². The molecule has 0 N–H and O–H groups in total. The van der Waals surface area contributed by atoms with Crippen LogP contribution in [-0.2, 0) is 27.9 Å². The second-order valence-corrected chi connectivity index (χ2v) is 9.65. The Morgan fingerprint density at radius 1 is 1.06 bits per heavy atom. The molecule has 0 radical (unpaired) electrons. The lowest BCUT2D eigenvalue weighted by molar-refractivity contribution is 0.0332. The van der Waals surface area contributed by atoms with Crippen molar-refractivity contribution in [2.75, 3.05) is 18.0 Å². The van der Waals surface area contributed by atoms with E-state index in [1.807, 2.05) is 12.1 Å². The number of carbonyl (C=O) groups excluding carboxylic acids is 1. The third-order valence-electron chi connectivity index (χ3n) is 5.77. The van der Waals surface area contributed by atoms with Crippen molar-refractivity contribution in [3.63, 3.8) is 0 Å². The Hall–Kier alpha value is -4.25. The molecule has 0 unspecified atom stereocenters. The van der Waals surface area contributed by atoms with Crippen LogP contribution in [0.3, 0.4) is 0 Å². The molecule has 0 fully saturated rings. The molecule has 35 heavy (non-hydrogen) atoms. The van der Waals surface area contributed by atoms with Gasteiger partial charge in [-0.05, 0) is 48.4 Å². The summed E-state index contributed by atoms with van der Waals surface area (Å²) in [7, 11) is -2.58. The molecule has 2 heterocycles. The Morgan fingerprint density at radius 3 is 2.66 bits per heavy atom. The van der Waals surface area contributed by atoms with Crippen LogP contribution in [0.15, 0.2) is 76.4 Å². The van der Waals surface area contributed by atoms with Crippen molar-refractivity contribution in [2.45, 2.75) is 18.0 Å². The topological polar surface area (TPSA) is 121 Å². The summed E-state index contributed by atoms with van der Waals surface area (Å²) in [5.74, 6) is -0.740. The van der Waals surface area contributed by atoms with Gasteiger partial charge in [-0.15, -0.1) is 5.10 Å². The first kappa shape index (κ1) is 22.5. The van der Waals surface area contributed by atoms with E-state index in [0.29, 0.717) is 29.6 Å². The average Bonchev–Trinajstić information content (AvgIpc) is 3.33. The summed E-state index contributed by atoms with van der Waals surface area (Å²) in [6, 6.07) is 17.9. The summed E-state index contributed by atoms with van der Waals surface area (Å²) < 4.78 is 39.5. The molecule has 11 heteroatoms. The summed E-state index contributed by atoms with van der Waals surface area (Å²) >= 11 is 0. The van der Waals surface area contributed by atoms with Gasteiger partial charge in [-0.25, -0.2) is 13.2 Å². The van der Waals surface area contributed by atoms with Gasteiger partial charge >= 0.3 is 5.97 Å². The Bertz CT molecular complexity index is 1620. The molecule has 178 valence electrons. The number of hydrogen-bond donors (Lipinski definition) is 0. The average molecular weight is 493 g/mol. The number of fused-ring (bicyclic) bond motifs is 2. The number of sulfonamides is 1. The SMILES string of the molecule is COc1ccc(S(=O)(=O)N2CCc3ccccc32)cc1C(=O)OCn1nnc2ccccc2c1=O. The van der Waals surface area contributed by atoms with Crippen molar-refractivity contribution >= 4 is 32.6 Å². The minimum absolute atomic E-state index is 0.0791. The molecule has 0 saturated heterocycles. The molecule has 1 aliphatic rings. The van der Waals surface area contributed by atoms with Gasteiger partial charge in [0.05, 0.1) is 23.1 Å². The zero-order valence-electron chi connectivity index (χ0n) is 18.6. The van der Waals surface area contributed by atoms with E-state index in [2.05, 4.69) is 10.3 Å². The van der Waals surface area contributed by atoms with Crippen molar-refractivity contribution in [1.29, 1.82) is 0 Å². The largest absolute Gasteiger partial charge is 0.496 e. The number of hydrogen-bond acceptors (Lipinski definition) is 8. The lowest BCUT2D eigenvalue weighted by Crippen LogP contribution is -2.29. The molecule has 0 saturated carbocycles. The zero-order chi connectivity index (χ0) is 24.6. The van der Waals surface area contributed by atoms with Gasteiger partial charge in [-0.1, -0.05) is 35.5 Å². The van der Waals surface area contributed by atoms with Gasteiger partial charge in [-0.3, -0.25) is 9.10 Å². The van der Waals surface area contributed by atoms with Crippen molar-refractivity contribution < 1.29 is 22.7 Å². The van der Waals surface area contributed by atoms with Crippen LogP contribution >= 0.6 is 0 Å². The van der Waals surface area contributed by atoms with Crippen LogP contribution < -0.4 is 14.6 Å². The quantitative estimate of drug-likeness (QED) is 0.376. The van der Waals surface area contributed by atoms with Gasteiger partial charge in [-0.2, -0.15) is 4.68 Å². The number of rotatable bonds is 6. The highest BCUT2D eigenvalue weighted by Crippen LogP contribution is 2.34. The number of nitrogens with zero attached hydrogens (tertiary/aromatic N) is 4. The van der Waals surface area contributed by atoms with E-state index in [1.54, 1.807) is 36.4 Å². The molecule has 0 atom stereocenters. The van der Waals surface area contributed by atoms with Crippen LogP contribution in [-0.4, -0.2) is 43.0 Å². The Labute approximate surface area is 200 Å². The molecule has 0 spiro atoms. The van der Waals surface area contributed by atoms with E-state index < -0.39 is 28.3 Å². The summed E-state index contributed by atoms with van der Waals surface area (Å²) in [4.78, 5) is 25.4. The van der Waals surface area contributed by atoms with E-state index in [4.69, 9.17) is 9.47 Å². The molecule has 0 amide bonds. The molecule has 1 aliphatic heterocycles. The molecule has 4 aromatic rings. The van der Waals surface area contributed by atoms with E-state index >= 15 is 0 Å². The van der Waals surface area contributed by atoms with E-state index in [9.17, 15) is 18.0 Å². The third-order valence-corrected chi connectivity index (χ3v) is 7.58. The van der Waals surface area contributed by atoms with E-state index in [0.717, 1.165) is 10.2 Å². The van der Waals surface area contributed by atoms with Crippen molar-refractivity contribution in [1.82, 2.24) is 15.0 Å². The Balaban J connectivity index is 1.43. The minimum Gasteiger partial charge on any atom is -0.496 e. The summed E-state index contributed by atoms with van der Waals surface area (Å²) in [6.07, 6.45) is 0.599. The number of aromatic nitrogens is 3. The fourth-order valence-electron chi connectivity index (χ4n) is 4.00. The number of para-hydroxylation sites is 1. The van der Waals surface area contributed by atoms with Crippen LogP contribution in [0.2, 0.25) is 0 Å². The maximum absolute atomic E-state index is 13.4. The van der Waals surface area contributed by atoms with Crippen molar-refractivity contribution in [3.05, 3.63) is 88.2 Å². The molecule has 1 aromatic heterocycles. The fraction of sp³-hybridized carbons (Fsp3) is 0.167. The van der Waals surface area contributed by atoms with Gasteiger partial charge in [0.15, 0.2) is 6.73 Å². The van der Waals surface area contributed by atoms with Gasteiger partial charge in [0, 0.05) is 6.54 Å². The first-order chi connectivity index (χ1) is 16.9. The summed E-state index contributed by atoms with van der Waals surface area (Å²) in [6.45, 7) is -0.202. The highest BCUT2D eigenvalue weighted by molar-refractivity contribution is 7.92. The molecular formula is C24H20N4O6S. The number of anilines is 1. The Kier molecular flexibility index (Phi) is 5.69. The zero-order valence-corrected chi connectivity index (χ0v) is 19.4. The Morgan fingerprint density at radius 2 is 1.83 bits per heavy atom. The summed E-state index contributed by atoms with van der Waals surface area (Å²) in [5.41, 5.74) is 1.40. The lowest BCUT2D eigenvalue weighted by Gasteiger charge is -2.20. The molecule has 5 rings (SSSR count). The first-order valence-corrected chi connectivity index (χ1v) is 12.1. The maximum atomic E-state index is 13.4. The smallest absolute Gasteiger partial charge is 0.343 e. The highest BCUT2D eigenvalue weighted by Gasteiger charge is 2.31. The third kappa shape index (κ3) is 3.99. The molecular weight excluding hydrogens is 472 g/mol. The van der Waals surface area contributed by atoms with Crippen LogP contribution in [0.25, 0.3) is 10.9 Å². The monoisotopic (exact) mass is 492 g/mol. The summed E-state index contributed by atoms with van der Waals surface area (Å²) in [5, 5.41) is 8.06. The maximum Gasteiger partial charge on any atom is 0.343 e. The number of esters is 1. The lowest BCUT2D eigenvalue weighted by atomic mass is 10.2. The van der Waals surface area contributed by atoms with Gasteiger partial charge in [0.25, 0.3) is 15.6 Å². The number of benzene rings is 3. The van der Waals surface area contributed by atoms with Crippen LogP contribution in [0.5, 0.6) is 5.75 Å². The second-order valence-electron chi connectivity index (χ2n) is 7.79. The van der Waals surface area contributed by atoms with Gasteiger partial charge in [0.2, 0.25) is 0 Å². The molecule has 0 aliphatic carbocycles. The highest BCUT2D eigenvalue weighted by atomic mass is 32.2. The number of methoxy groups -OCH3 is 1. The minimum atomic E-state index is -3.94. The fourth-order valence-corrected chi connectivity index (χ4v) is 5.53. The molecule has 10 nitrogen and oxygen atoms in total. The standard InChI is InChI=1S/C24H20N4O6S/c1-33-22-11-10-17(35(31,32)28-13-12-16-6-2-5-9-21(16)28)14-19(22)24(30)34-15-27-23(29)18-7-3-4-8-20(18)25-26-27/h2-11,14H,12-13,15H2,1H3. The van der Waals surface area contributed by atoms with Crippen LogP contribution in [0.4, 0.5) is 5.69 Å². The van der Waals surface area contributed by atoms with E-state index in [1.165, 1.54) is 29.6 Å². The first-order valence-electron chi connectivity index (χ1n) is 10.7. The second kappa shape index (κ2) is 8.84. The predicted octanol–water partition coefficient (Wildman–Crippen LogP) is 2.37. The number of ether oxygens (including phenoxy) is 2.